The van der Waals surface area contributed by atoms with Crippen molar-refractivity contribution < 1.29 is 4.79 Å². The van der Waals surface area contributed by atoms with E-state index in [0.29, 0.717) is 6.54 Å². The maximum absolute atomic E-state index is 11.8. The van der Waals surface area contributed by atoms with Gasteiger partial charge in [0.1, 0.15) is 5.82 Å². The summed E-state index contributed by atoms with van der Waals surface area (Å²) in [4.78, 5) is 17.2. The van der Waals surface area contributed by atoms with Crippen molar-refractivity contribution in [1.29, 1.82) is 0 Å². The number of hydrogen-bond donors (Lipinski definition) is 2. The molecule has 0 aliphatic rings. The molecule has 2 aromatic heterocycles. The number of aromatic amines is 1. The number of hydrogen-bond acceptors (Lipinski definition) is 4. The van der Waals surface area contributed by atoms with Gasteiger partial charge in [0.15, 0.2) is 0 Å². The van der Waals surface area contributed by atoms with Crippen molar-refractivity contribution >= 4 is 33.2 Å². The first-order chi connectivity index (χ1) is 9.06. The zero-order chi connectivity index (χ0) is 13.8. The molecule has 1 amide bonds. The molecule has 0 bridgehead atoms. The molecule has 19 heavy (non-hydrogen) atoms. The highest BCUT2D eigenvalue weighted by Gasteiger charge is 2.13. The molecule has 5 nitrogen and oxygen atoms in total. The Bertz CT molecular complexity index is 564. The molecule has 0 aliphatic carbocycles. The molecule has 0 saturated heterocycles. The fourth-order valence-corrected chi connectivity index (χ4v) is 2.98. The highest BCUT2D eigenvalue weighted by molar-refractivity contribution is 9.11. The molecule has 7 heteroatoms. The number of amides is 1. The van der Waals surface area contributed by atoms with Crippen LogP contribution in [0.15, 0.2) is 15.9 Å². The van der Waals surface area contributed by atoms with Crippen LogP contribution in [0.4, 0.5) is 0 Å². The van der Waals surface area contributed by atoms with E-state index < -0.39 is 0 Å². The van der Waals surface area contributed by atoms with Crippen LogP contribution in [0.25, 0.3) is 0 Å². The lowest BCUT2D eigenvalue weighted by Crippen LogP contribution is -2.26. The third kappa shape index (κ3) is 3.87. The van der Waals surface area contributed by atoms with Crippen molar-refractivity contribution in [1.82, 2.24) is 20.5 Å². The summed E-state index contributed by atoms with van der Waals surface area (Å²) < 4.78 is 1.10. The van der Waals surface area contributed by atoms with Crippen LogP contribution in [-0.2, 0) is 6.42 Å². The number of halogens is 1. The molecular formula is C12H15BrN4OS. The molecule has 0 aromatic carbocycles. The Morgan fingerprint density at radius 3 is 2.89 bits per heavy atom. The van der Waals surface area contributed by atoms with E-state index in [1.54, 1.807) is 11.3 Å². The van der Waals surface area contributed by atoms with Gasteiger partial charge in [-0.05, 0) is 34.5 Å². The van der Waals surface area contributed by atoms with Gasteiger partial charge in [0.25, 0.3) is 5.91 Å². The highest BCUT2D eigenvalue weighted by atomic mass is 79.9. The van der Waals surface area contributed by atoms with Gasteiger partial charge in [-0.15, -0.1) is 16.4 Å². The normalized spacial score (nSPS) is 10.9. The van der Waals surface area contributed by atoms with E-state index in [0.717, 1.165) is 16.0 Å². The maximum Gasteiger partial charge on any atom is 0.290 e. The van der Waals surface area contributed by atoms with Crippen LogP contribution in [0, 0.1) is 0 Å². The number of rotatable bonds is 5. The minimum absolute atomic E-state index is 0.205. The molecule has 102 valence electrons. The number of H-pyrrole nitrogens is 1. The lowest BCUT2D eigenvalue weighted by atomic mass is 10.2. The minimum Gasteiger partial charge on any atom is -0.349 e. The minimum atomic E-state index is -0.237. The molecule has 0 aliphatic heterocycles. The monoisotopic (exact) mass is 342 g/mol. The molecule has 0 atom stereocenters. The summed E-state index contributed by atoms with van der Waals surface area (Å²) in [6.45, 7) is 4.57. The Morgan fingerprint density at radius 2 is 2.32 bits per heavy atom. The molecule has 0 unspecified atom stereocenters. The summed E-state index contributed by atoms with van der Waals surface area (Å²) in [6.07, 6.45) is 0.809. The Hall–Kier alpha value is -1.21. The second-order valence-corrected chi connectivity index (χ2v) is 6.96. The summed E-state index contributed by atoms with van der Waals surface area (Å²) in [5.41, 5.74) is 0. The van der Waals surface area contributed by atoms with Crippen LogP contribution in [0.1, 0.15) is 41.1 Å². The molecule has 0 fully saturated rings. The number of carbonyl (C=O) groups excluding carboxylic acids is 1. The first-order valence-corrected chi connectivity index (χ1v) is 7.62. The Morgan fingerprint density at radius 1 is 1.53 bits per heavy atom. The fourth-order valence-electron chi connectivity index (χ4n) is 1.50. The number of aromatic nitrogens is 3. The van der Waals surface area contributed by atoms with Gasteiger partial charge in [-0.3, -0.25) is 9.89 Å². The quantitative estimate of drug-likeness (QED) is 0.877. The molecule has 0 radical (unpaired) electrons. The van der Waals surface area contributed by atoms with Crippen molar-refractivity contribution in [3.05, 3.63) is 32.4 Å². The molecule has 0 saturated carbocycles. The second-order valence-electron chi connectivity index (χ2n) is 4.41. The average molecular weight is 343 g/mol. The summed E-state index contributed by atoms with van der Waals surface area (Å²) in [5, 5.41) is 9.50. The van der Waals surface area contributed by atoms with Crippen molar-refractivity contribution in [3.63, 3.8) is 0 Å². The van der Waals surface area contributed by atoms with E-state index in [4.69, 9.17) is 0 Å². The summed E-state index contributed by atoms with van der Waals surface area (Å²) in [5.74, 6) is 0.930. The van der Waals surface area contributed by atoms with Gasteiger partial charge in [0.05, 0.1) is 3.79 Å². The van der Waals surface area contributed by atoms with E-state index >= 15 is 0 Å². The van der Waals surface area contributed by atoms with Crippen LogP contribution < -0.4 is 5.32 Å². The third-order valence-electron chi connectivity index (χ3n) is 2.54. The summed E-state index contributed by atoms with van der Waals surface area (Å²) in [7, 11) is 0. The van der Waals surface area contributed by atoms with Crippen molar-refractivity contribution in [2.45, 2.75) is 26.2 Å². The first-order valence-electron chi connectivity index (χ1n) is 6.01. The van der Waals surface area contributed by atoms with Crippen LogP contribution >= 0.6 is 27.3 Å². The lowest BCUT2D eigenvalue weighted by molar-refractivity contribution is 0.0944. The van der Waals surface area contributed by atoms with Gasteiger partial charge in [0.2, 0.25) is 5.82 Å². The van der Waals surface area contributed by atoms with E-state index in [2.05, 4.69) is 36.4 Å². The van der Waals surface area contributed by atoms with Crippen LogP contribution in [0.3, 0.4) is 0 Å². The van der Waals surface area contributed by atoms with E-state index in [9.17, 15) is 4.79 Å². The van der Waals surface area contributed by atoms with Crippen LogP contribution in [0.2, 0.25) is 0 Å². The molecule has 0 spiro atoms. The number of nitrogens with one attached hydrogen (secondary N) is 2. The SMILES string of the molecule is CC(C)c1nc(C(=O)NCCc2ccc(Br)s2)n[nH]1. The molecular weight excluding hydrogens is 328 g/mol. The highest BCUT2D eigenvalue weighted by Crippen LogP contribution is 2.22. The van der Waals surface area contributed by atoms with Gasteiger partial charge in [-0.1, -0.05) is 13.8 Å². The van der Waals surface area contributed by atoms with Gasteiger partial charge in [0, 0.05) is 17.3 Å². The zero-order valence-corrected chi connectivity index (χ0v) is 13.1. The number of thiophene rings is 1. The van der Waals surface area contributed by atoms with Gasteiger partial charge in [-0.2, -0.15) is 0 Å². The van der Waals surface area contributed by atoms with E-state index in [1.165, 1.54) is 4.88 Å². The van der Waals surface area contributed by atoms with Crippen LogP contribution in [-0.4, -0.2) is 27.6 Å². The third-order valence-corrected chi connectivity index (χ3v) is 4.22. The lowest BCUT2D eigenvalue weighted by Gasteiger charge is -2.00. The Labute approximate surface area is 124 Å². The van der Waals surface area contributed by atoms with Crippen molar-refractivity contribution in [2.24, 2.45) is 0 Å². The smallest absolute Gasteiger partial charge is 0.290 e. The summed E-state index contributed by atoms with van der Waals surface area (Å²) >= 11 is 5.08. The van der Waals surface area contributed by atoms with Gasteiger partial charge in [-0.25, -0.2) is 4.98 Å². The molecule has 2 rings (SSSR count). The molecule has 2 N–H and O–H groups in total. The van der Waals surface area contributed by atoms with Crippen molar-refractivity contribution in [3.8, 4) is 0 Å². The van der Waals surface area contributed by atoms with Crippen molar-refractivity contribution in [2.75, 3.05) is 6.54 Å². The van der Waals surface area contributed by atoms with E-state index in [1.807, 2.05) is 26.0 Å². The first kappa shape index (κ1) is 14.2. The number of nitrogens with zero attached hydrogens (tertiary/aromatic N) is 2. The standard InChI is InChI=1S/C12H15BrN4OS/c1-7(2)10-15-11(17-16-10)12(18)14-6-5-8-3-4-9(13)19-8/h3-4,7H,5-6H2,1-2H3,(H,14,18)(H,15,16,17). The zero-order valence-electron chi connectivity index (χ0n) is 10.7. The predicted molar refractivity (Wildman–Crippen MR) is 78.5 cm³/mol. The topological polar surface area (TPSA) is 70.7 Å². The molecule has 2 aromatic rings. The molecule has 2 heterocycles. The fraction of sp³-hybridized carbons (Fsp3) is 0.417. The average Bonchev–Trinajstić information content (AvgIpc) is 2.98. The van der Waals surface area contributed by atoms with Crippen LogP contribution in [0.5, 0.6) is 0 Å². The van der Waals surface area contributed by atoms with Gasteiger partial charge >= 0.3 is 0 Å². The number of carbonyl (C=O) groups is 1. The maximum atomic E-state index is 11.8. The van der Waals surface area contributed by atoms with E-state index in [-0.39, 0.29) is 17.6 Å². The van der Waals surface area contributed by atoms with Gasteiger partial charge < -0.3 is 5.32 Å². The Balaban J connectivity index is 1.83. The second kappa shape index (κ2) is 6.29. The Kier molecular flexibility index (Phi) is 4.71. The summed E-state index contributed by atoms with van der Waals surface area (Å²) in [6, 6.07) is 4.05. The predicted octanol–water partition coefficient (Wildman–Crippen LogP) is 2.72. The largest absolute Gasteiger partial charge is 0.349 e.